The van der Waals surface area contributed by atoms with Gasteiger partial charge in [0.2, 0.25) is 0 Å². The second kappa shape index (κ2) is 5.38. The molecule has 1 heterocycles. The lowest BCUT2D eigenvalue weighted by Gasteiger charge is -2.30. The maximum absolute atomic E-state index is 13.9. The Bertz CT molecular complexity index is 515. The van der Waals surface area contributed by atoms with Crippen LogP contribution in [0.2, 0.25) is 0 Å². The highest BCUT2D eigenvalue weighted by Gasteiger charge is 2.29. The summed E-state index contributed by atoms with van der Waals surface area (Å²) in [6.07, 6.45) is 1.20. The summed E-state index contributed by atoms with van der Waals surface area (Å²) in [5.41, 5.74) is 0.434. The summed E-state index contributed by atoms with van der Waals surface area (Å²) in [6.45, 7) is 2.24. The first kappa shape index (κ1) is 13.5. The number of rotatable bonds is 2. The largest absolute Gasteiger partial charge is 0.481 e. The van der Waals surface area contributed by atoms with Crippen molar-refractivity contribution in [3.8, 4) is 0 Å². The van der Waals surface area contributed by atoms with Gasteiger partial charge in [0.05, 0.1) is 11.5 Å². The number of piperidine rings is 1. The molecule has 1 aromatic carbocycles. The van der Waals surface area contributed by atoms with Crippen molar-refractivity contribution < 1.29 is 19.1 Å². The van der Waals surface area contributed by atoms with Gasteiger partial charge < -0.3 is 10.0 Å². The van der Waals surface area contributed by atoms with E-state index in [1.807, 2.05) is 0 Å². The number of carbonyl (C=O) groups excluding carboxylic acids is 1. The van der Waals surface area contributed by atoms with Crippen molar-refractivity contribution in [1.29, 1.82) is 0 Å². The standard InChI is InChI=1S/C14H16FNO3/c1-9-4-2-6-11(12(9)15)13(17)16-7-3-5-10(8-16)14(18)19/h2,4,6,10H,3,5,7-8H2,1H3,(H,18,19)/t10-/m1/s1. The molecular formula is C14H16FNO3. The maximum atomic E-state index is 13.9. The van der Waals surface area contributed by atoms with Crippen LogP contribution in [0, 0.1) is 18.7 Å². The van der Waals surface area contributed by atoms with Gasteiger partial charge in [0.15, 0.2) is 0 Å². The van der Waals surface area contributed by atoms with E-state index >= 15 is 0 Å². The van der Waals surface area contributed by atoms with Gasteiger partial charge in [-0.05, 0) is 31.4 Å². The molecule has 5 heteroatoms. The van der Waals surface area contributed by atoms with Crippen molar-refractivity contribution in [2.75, 3.05) is 13.1 Å². The molecule has 0 aliphatic carbocycles. The molecule has 1 amide bonds. The molecule has 2 rings (SSSR count). The molecule has 1 N–H and O–H groups in total. The van der Waals surface area contributed by atoms with E-state index in [-0.39, 0.29) is 12.1 Å². The average molecular weight is 265 g/mol. The number of likely N-dealkylation sites (tertiary alicyclic amines) is 1. The van der Waals surface area contributed by atoms with Gasteiger partial charge in [0.1, 0.15) is 5.82 Å². The highest BCUT2D eigenvalue weighted by atomic mass is 19.1. The number of hydrogen-bond acceptors (Lipinski definition) is 2. The van der Waals surface area contributed by atoms with Gasteiger partial charge in [0.25, 0.3) is 5.91 Å². The fraction of sp³-hybridized carbons (Fsp3) is 0.429. The number of benzene rings is 1. The van der Waals surface area contributed by atoms with Crippen LogP contribution in [0.1, 0.15) is 28.8 Å². The minimum atomic E-state index is -0.901. The lowest BCUT2D eigenvalue weighted by molar-refractivity contribution is -0.143. The molecule has 0 radical (unpaired) electrons. The zero-order chi connectivity index (χ0) is 14.0. The van der Waals surface area contributed by atoms with Gasteiger partial charge in [-0.1, -0.05) is 12.1 Å². The van der Waals surface area contributed by atoms with E-state index in [9.17, 15) is 14.0 Å². The summed E-state index contributed by atoms with van der Waals surface area (Å²) in [6, 6.07) is 4.67. The maximum Gasteiger partial charge on any atom is 0.308 e. The lowest BCUT2D eigenvalue weighted by Crippen LogP contribution is -2.42. The van der Waals surface area contributed by atoms with Crippen LogP contribution >= 0.6 is 0 Å². The van der Waals surface area contributed by atoms with Crippen LogP contribution in [0.5, 0.6) is 0 Å². The normalized spacial score (nSPS) is 19.3. The molecule has 0 aromatic heterocycles. The van der Waals surface area contributed by atoms with Crippen molar-refractivity contribution in [3.05, 3.63) is 35.1 Å². The number of halogens is 1. The van der Waals surface area contributed by atoms with Crippen molar-refractivity contribution >= 4 is 11.9 Å². The van der Waals surface area contributed by atoms with E-state index < -0.39 is 23.6 Å². The van der Waals surface area contributed by atoms with Crippen LogP contribution in [-0.4, -0.2) is 35.0 Å². The molecular weight excluding hydrogens is 249 g/mol. The Kier molecular flexibility index (Phi) is 3.83. The monoisotopic (exact) mass is 265 g/mol. The highest BCUT2D eigenvalue weighted by Crippen LogP contribution is 2.20. The van der Waals surface area contributed by atoms with Crippen LogP contribution in [0.25, 0.3) is 0 Å². The Hall–Kier alpha value is -1.91. The second-order valence-electron chi connectivity index (χ2n) is 4.87. The summed E-state index contributed by atoms with van der Waals surface area (Å²) in [7, 11) is 0. The van der Waals surface area contributed by atoms with Gasteiger partial charge >= 0.3 is 5.97 Å². The summed E-state index contributed by atoms with van der Waals surface area (Å²) < 4.78 is 13.9. The number of amides is 1. The molecule has 1 atom stereocenters. The molecule has 0 bridgehead atoms. The molecule has 0 saturated carbocycles. The van der Waals surface area contributed by atoms with Crippen molar-refractivity contribution in [2.45, 2.75) is 19.8 Å². The Balaban J connectivity index is 2.19. The fourth-order valence-corrected chi connectivity index (χ4v) is 2.35. The lowest BCUT2D eigenvalue weighted by atomic mass is 9.97. The molecule has 1 aliphatic heterocycles. The first-order chi connectivity index (χ1) is 9.00. The van der Waals surface area contributed by atoms with E-state index in [2.05, 4.69) is 0 Å². The molecule has 19 heavy (non-hydrogen) atoms. The molecule has 0 unspecified atom stereocenters. The first-order valence-corrected chi connectivity index (χ1v) is 6.28. The Morgan fingerprint density at radius 1 is 1.42 bits per heavy atom. The zero-order valence-electron chi connectivity index (χ0n) is 10.7. The number of carboxylic acid groups (broad SMARTS) is 1. The quantitative estimate of drug-likeness (QED) is 0.890. The smallest absolute Gasteiger partial charge is 0.308 e. The third-order valence-electron chi connectivity index (χ3n) is 3.48. The minimum Gasteiger partial charge on any atom is -0.481 e. The van der Waals surface area contributed by atoms with Gasteiger partial charge in [0, 0.05) is 13.1 Å². The fourth-order valence-electron chi connectivity index (χ4n) is 2.35. The molecule has 1 aliphatic rings. The van der Waals surface area contributed by atoms with Gasteiger partial charge in [-0.25, -0.2) is 4.39 Å². The summed E-state index contributed by atoms with van der Waals surface area (Å²) in [5, 5.41) is 9.00. The number of aliphatic carboxylic acids is 1. The van der Waals surface area contributed by atoms with Crippen LogP contribution in [0.3, 0.4) is 0 Å². The number of carbonyl (C=O) groups is 2. The third-order valence-corrected chi connectivity index (χ3v) is 3.48. The molecule has 102 valence electrons. The number of aryl methyl sites for hydroxylation is 1. The van der Waals surface area contributed by atoms with E-state index in [4.69, 9.17) is 5.11 Å². The van der Waals surface area contributed by atoms with E-state index in [0.29, 0.717) is 24.9 Å². The van der Waals surface area contributed by atoms with Crippen LogP contribution in [-0.2, 0) is 4.79 Å². The second-order valence-corrected chi connectivity index (χ2v) is 4.87. The Morgan fingerprint density at radius 2 is 2.16 bits per heavy atom. The Morgan fingerprint density at radius 3 is 2.84 bits per heavy atom. The topological polar surface area (TPSA) is 57.6 Å². The van der Waals surface area contributed by atoms with Gasteiger partial charge in [-0.15, -0.1) is 0 Å². The highest BCUT2D eigenvalue weighted by molar-refractivity contribution is 5.95. The van der Waals surface area contributed by atoms with Crippen LogP contribution < -0.4 is 0 Å². The molecule has 1 saturated heterocycles. The van der Waals surface area contributed by atoms with Crippen molar-refractivity contribution in [2.24, 2.45) is 5.92 Å². The minimum absolute atomic E-state index is 0.0195. The molecule has 4 nitrogen and oxygen atoms in total. The SMILES string of the molecule is Cc1cccc(C(=O)N2CCC[C@@H](C(=O)O)C2)c1F. The summed E-state index contributed by atoms with van der Waals surface area (Å²) in [4.78, 5) is 24.6. The van der Waals surface area contributed by atoms with E-state index in [0.717, 1.165) is 0 Å². The predicted octanol–water partition coefficient (Wildman–Crippen LogP) is 2.07. The average Bonchev–Trinajstić information content (AvgIpc) is 2.41. The zero-order valence-corrected chi connectivity index (χ0v) is 10.7. The van der Waals surface area contributed by atoms with Crippen molar-refractivity contribution in [3.63, 3.8) is 0 Å². The predicted molar refractivity (Wildman–Crippen MR) is 67.4 cm³/mol. The van der Waals surface area contributed by atoms with E-state index in [1.54, 1.807) is 19.1 Å². The van der Waals surface area contributed by atoms with E-state index in [1.165, 1.54) is 11.0 Å². The molecule has 1 fully saturated rings. The number of hydrogen-bond donors (Lipinski definition) is 1. The first-order valence-electron chi connectivity index (χ1n) is 6.28. The number of carboxylic acids is 1. The third kappa shape index (κ3) is 2.75. The molecule has 1 aromatic rings. The summed E-state index contributed by atoms with van der Waals surface area (Å²) >= 11 is 0. The van der Waals surface area contributed by atoms with Gasteiger partial charge in [-0.3, -0.25) is 9.59 Å². The van der Waals surface area contributed by atoms with Crippen LogP contribution in [0.15, 0.2) is 18.2 Å². The van der Waals surface area contributed by atoms with Crippen LogP contribution in [0.4, 0.5) is 4.39 Å². The van der Waals surface area contributed by atoms with Crippen molar-refractivity contribution in [1.82, 2.24) is 4.90 Å². The Labute approximate surface area is 110 Å². The van der Waals surface area contributed by atoms with Gasteiger partial charge in [-0.2, -0.15) is 0 Å². The number of nitrogens with zero attached hydrogens (tertiary/aromatic N) is 1. The summed E-state index contributed by atoms with van der Waals surface area (Å²) in [5.74, 6) is -2.40. The molecule has 0 spiro atoms.